The van der Waals surface area contributed by atoms with Crippen molar-refractivity contribution in [3.63, 3.8) is 0 Å². The number of rotatable bonds is 9. The molecule has 3 aromatic carbocycles. The van der Waals surface area contributed by atoms with Gasteiger partial charge in [-0.05, 0) is 73.0 Å². The van der Waals surface area contributed by atoms with Gasteiger partial charge in [-0.1, -0.05) is 42.0 Å². The number of aliphatic hydroxyl groups is 1. The van der Waals surface area contributed by atoms with Gasteiger partial charge in [0.1, 0.15) is 18.1 Å². The van der Waals surface area contributed by atoms with Gasteiger partial charge in [0.05, 0.1) is 18.2 Å². The number of carbonyl (C=O) groups is 2. The number of likely N-dealkylation sites (tertiary alicyclic amines) is 1. The highest BCUT2D eigenvalue weighted by molar-refractivity contribution is 6.46. The molecule has 1 aliphatic heterocycles. The Balaban J connectivity index is 1.50. The highest BCUT2D eigenvalue weighted by atomic mass is 16.5. The van der Waals surface area contributed by atoms with E-state index in [1.807, 2.05) is 31.2 Å². The highest BCUT2D eigenvalue weighted by Gasteiger charge is 2.46. The van der Waals surface area contributed by atoms with Gasteiger partial charge in [-0.3, -0.25) is 14.6 Å². The minimum absolute atomic E-state index is 0.0551. The molecule has 208 valence electrons. The number of aryl methyl sites for hydroxylation is 1. The molecule has 0 spiro atoms. The number of aliphatic hydroxyl groups excluding tert-OH is 1. The van der Waals surface area contributed by atoms with Gasteiger partial charge in [0, 0.05) is 24.5 Å². The van der Waals surface area contributed by atoms with Gasteiger partial charge in [-0.15, -0.1) is 0 Å². The van der Waals surface area contributed by atoms with Crippen molar-refractivity contribution in [2.75, 3.05) is 6.61 Å². The first kappa shape index (κ1) is 27.5. The van der Waals surface area contributed by atoms with E-state index in [4.69, 9.17) is 9.47 Å². The Morgan fingerprint density at radius 1 is 0.951 bits per heavy atom. The number of ether oxygens (including phenoxy) is 2. The maximum absolute atomic E-state index is 13.4. The molecule has 0 bridgehead atoms. The Bertz CT molecular complexity index is 1600. The number of hydrogen-bond acceptors (Lipinski definition) is 7. The average Bonchev–Trinajstić information content (AvgIpc) is 3.23. The number of pyridine rings is 1. The Morgan fingerprint density at radius 2 is 1.73 bits per heavy atom. The van der Waals surface area contributed by atoms with Crippen LogP contribution in [-0.4, -0.2) is 38.4 Å². The molecule has 1 amide bonds. The Kier molecular flexibility index (Phi) is 8.01. The molecular formula is C33H30N2O6. The van der Waals surface area contributed by atoms with Gasteiger partial charge >= 0.3 is 0 Å². The zero-order valence-corrected chi connectivity index (χ0v) is 22.8. The summed E-state index contributed by atoms with van der Waals surface area (Å²) in [6.07, 6.45) is 3.24. The van der Waals surface area contributed by atoms with Crippen LogP contribution in [0.2, 0.25) is 0 Å². The van der Waals surface area contributed by atoms with E-state index in [0.717, 1.165) is 16.7 Å². The normalized spacial score (nSPS) is 16.1. The van der Waals surface area contributed by atoms with E-state index in [-0.39, 0.29) is 29.4 Å². The summed E-state index contributed by atoms with van der Waals surface area (Å²) in [7, 11) is 0. The summed E-state index contributed by atoms with van der Waals surface area (Å²) in [5.74, 6) is -1.12. The first-order valence-corrected chi connectivity index (χ1v) is 13.3. The molecule has 5 rings (SSSR count). The molecule has 1 aromatic heterocycles. The molecule has 0 radical (unpaired) electrons. The van der Waals surface area contributed by atoms with Crippen molar-refractivity contribution in [2.45, 2.75) is 33.0 Å². The van der Waals surface area contributed by atoms with Crippen molar-refractivity contribution < 1.29 is 29.3 Å². The molecule has 0 saturated carbocycles. The first-order valence-electron chi connectivity index (χ1n) is 13.3. The summed E-state index contributed by atoms with van der Waals surface area (Å²) in [6.45, 7) is 4.59. The SMILES string of the molecule is CCOc1cc(C2/C(=C(/O)c3ccc(OCc4cccc(C)c4)cc3)C(=O)C(=O)N2Cc2cccnc2)ccc1O. The van der Waals surface area contributed by atoms with Gasteiger partial charge < -0.3 is 24.6 Å². The van der Waals surface area contributed by atoms with Crippen LogP contribution in [0.4, 0.5) is 0 Å². The minimum Gasteiger partial charge on any atom is -0.507 e. The monoisotopic (exact) mass is 550 g/mol. The lowest BCUT2D eigenvalue weighted by molar-refractivity contribution is -0.140. The van der Waals surface area contributed by atoms with Crippen molar-refractivity contribution in [1.82, 2.24) is 9.88 Å². The van der Waals surface area contributed by atoms with Crippen molar-refractivity contribution in [1.29, 1.82) is 0 Å². The number of aromatic hydroxyl groups is 1. The highest BCUT2D eigenvalue weighted by Crippen LogP contribution is 2.42. The van der Waals surface area contributed by atoms with Crippen LogP contribution in [0.3, 0.4) is 0 Å². The molecule has 8 heteroatoms. The topological polar surface area (TPSA) is 109 Å². The predicted octanol–water partition coefficient (Wildman–Crippen LogP) is 5.70. The molecule has 1 atom stereocenters. The van der Waals surface area contributed by atoms with Crippen molar-refractivity contribution in [2.24, 2.45) is 0 Å². The average molecular weight is 551 g/mol. The summed E-state index contributed by atoms with van der Waals surface area (Å²) in [5.41, 5.74) is 3.71. The van der Waals surface area contributed by atoms with Crippen LogP contribution in [0.25, 0.3) is 5.76 Å². The van der Waals surface area contributed by atoms with Crippen LogP contribution in [-0.2, 0) is 22.7 Å². The summed E-state index contributed by atoms with van der Waals surface area (Å²) in [5, 5.41) is 21.7. The van der Waals surface area contributed by atoms with E-state index in [1.54, 1.807) is 67.8 Å². The van der Waals surface area contributed by atoms with Crippen molar-refractivity contribution in [3.05, 3.63) is 125 Å². The second-order valence-electron chi connectivity index (χ2n) is 9.75. The number of aromatic nitrogens is 1. The van der Waals surface area contributed by atoms with Crippen LogP contribution in [0.15, 0.2) is 96.8 Å². The van der Waals surface area contributed by atoms with Gasteiger partial charge in [0.2, 0.25) is 0 Å². The molecule has 1 saturated heterocycles. The molecule has 2 heterocycles. The smallest absolute Gasteiger partial charge is 0.295 e. The van der Waals surface area contributed by atoms with E-state index < -0.39 is 17.7 Å². The number of ketones is 1. The predicted molar refractivity (Wildman–Crippen MR) is 153 cm³/mol. The van der Waals surface area contributed by atoms with Crippen LogP contribution >= 0.6 is 0 Å². The van der Waals surface area contributed by atoms with E-state index in [2.05, 4.69) is 4.98 Å². The Hall–Kier alpha value is -5.11. The first-order chi connectivity index (χ1) is 19.9. The fourth-order valence-corrected chi connectivity index (χ4v) is 4.88. The zero-order valence-electron chi connectivity index (χ0n) is 22.8. The maximum atomic E-state index is 13.4. The lowest BCUT2D eigenvalue weighted by Gasteiger charge is -2.26. The molecule has 1 fully saturated rings. The molecular weight excluding hydrogens is 520 g/mol. The molecule has 1 aliphatic rings. The van der Waals surface area contributed by atoms with Gasteiger partial charge in [0.15, 0.2) is 11.5 Å². The summed E-state index contributed by atoms with van der Waals surface area (Å²) in [6, 6.07) is 22.0. The number of phenolic OH excluding ortho intramolecular Hbond substituents is 1. The third-order valence-electron chi connectivity index (χ3n) is 6.83. The lowest BCUT2D eigenvalue weighted by Crippen LogP contribution is -2.29. The third-order valence-corrected chi connectivity index (χ3v) is 6.83. The van der Waals surface area contributed by atoms with E-state index >= 15 is 0 Å². The number of amides is 1. The van der Waals surface area contributed by atoms with Crippen LogP contribution < -0.4 is 9.47 Å². The summed E-state index contributed by atoms with van der Waals surface area (Å²) >= 11 is 0. The van der Waals surface area contributed by atoms with Crippen molar-refractivity contribution >= 4 is 17.4 Å². The second kappa shape index (κ2) is 12.0. The Morgan fingerprint density at radius 3 is 2.44 bits per heavy atom. The van der Waals surface area contributed by atoms with Crippen molar-refractivity contribution in [3.8, 4) is 17.2 Å². The minimum atomic E-state index is -0.924. The van der Waals surface area contributed by atoms with Gasteiger partial charge in [-0.2, -0.15) is 0 Å². The number of hydrogen-bond donors (Lipinski definition) is 2. The number of Topliss-reactive ketones (excluding diaryl/α,β-unsaturated/α-hetero) is 1. The number of carbonyl (C=O) groups excluding carboxylic acids is 2. The van der Waals surface area contributed by atoms with Gasteiger partial charge in [0.25, 0.3) is 11.7 Å². The number of benzene rings is 3. The third kappa shape index (κ3) is 5.91. The van der Waals surface area contributed by atoms with Crippen LogP contribution in [0.1, 0.15) is 40.8 Å². The van der Waals surface area contributed by atoms with E-state index in [1.165, 1.54) is 11.0 Å². The number of phenols is 1. The van der Waals surface area contributed by atoms with E-state index in [0.29, 0.717) is 30.1 Å². The lowest BCUT2D eigenvalue weighted by atomic mass is 9.94. The molecule has 1 unspecified atom stereocenters. The number of nitrogens with zero attached hydrogens (tertiary/aromatic N) is 2. The standard InChI is InChI=1S/C33H30N2O6/c1-3-40-28-17-25(11-14-27(28)36)30-29(32(38)33(39)35(30)19-23-8-5-15-34-18-23)31(37)24-9-12-26(13-10-24)41-20-22-7-4-6-21(2)16-22/h4-18,30,36-37H,3,19-20H2,1-2H3/b31-29-. The maximum Gasteiger partial charge on any atom is 0.295 e. The Labute approximate surface area is 238 Å². The molecule has 8 nitrogen and oxygen atoms in total. The summed E-state index contributed by atoms with van der Waals surface area (Å²) in [4.78, 5) is 32.2. The fraction of sp³-hybridized carbons (Fsp3) is 0.182. The van der Waals surface area contributed by atoms with Crippen LogP contribution in [0.5, 0.6) is 17.2 Å². The summed E-state index contributed by atoms with van der Waals surface area (Å²) < 4.78 is 11.5. The molecule has 0 aliphatic carbocycles. The molecule has 2 N–H and O–H groups in total. The molecule has 4 aromatic rings. The van der Waals surface area contributed by atoms with Gasteiger partial charge in [-0.25, -0.2) is 0 Å². The van der Waals surface area contributed by atoms with Crippen LogP contribution in [0, 0.1) is 6.92 Å². The van der Waals surface area contributed by atoms with E-state index in [9.17, 15) is 19.8 Å². The molecule has 41 heavy (non-hydrogen) atoms. The largest absolute Gasteiger partial charge is 0.507 e. The zero-order chi connectivity index (χ0) is 28.9. The second-order valence-corrected chi connectivity index (χ2v) is 9.75. The quantitative estimate of drug-likeness (QED) is 0.156. The fourth-order valence-electron chi connectivity index (χ4n) is 4.88.